The summed E-state index contributed by atoms with van der Waals surface area (Å²) in [6.45, 7) is 5.66. The van der Waals surface area contributed by atoms with Crippen molar-refractivity contribution in [3.63, 3.8) is 0 Å². The first kappa shape index (κ1) is 13.7. The maximum atomic E-state index is 13.1. The van der Waals surface area contributed by atoms with Crippen molar-refractivity contribution in [3.05, 3.63) is 23.5 Å². The quantitative estimate of drug-likeness (QED) is 0.606. The lowest BCUT2D eigenvalue weighted by atomic mass is 9.93. The average Bonchev–Trinajstić information content (AvgIpc) is 2.19. The van der Waals surface area contributed by atoms with Crippen molar-refractivity contribution in [1.29, 1.82) is 0 Å². The number of nitrogens with zero attached hydrogens (tertiary/aromatic N) is 1. The summed E-state index contributed by atoms with van der Waals surface area (Å²) in [5, 5.41) is 0. The van der Waals surface area contributed by atoms with Crippen molar-refractivity contribution >= 4 is 0 Å². The van der Waals surface area contributed by atoms with Crippen molar-refractivity contribution in [3.8, 4) is 5.75 Å². The number of pyridine rings is 1. The SMILES string of the molecule is CC(C)(C)CCOc1c(F)c(F)nc(F)c1F. The van der Waals surface area contributed by atoms with E-state index < -0.39 is 29.3 Å². The molecule has 0 atom stereocenters. The van der Waals surface area contributed by atoms with Crippen molar-refractivity contribution in [2.45, 2.75) is 27.2 Å². The van der Waals surface area contributed by atoms with Crippen molar-refractivity contribution in [2.75, 3.05) is 6.61 Å². The molecule has 6 heteroatoms. The van der Waals surface area contributed by atoms with Crippen LogP contribution >= 0.6 is 0 Å². The fraction of sp³-hybridized carbons (Fsp3) is 0.545. The molecule has 0 aliphatic rings. The van der Waals surface area contributed by atoms with Gasteiger partial charge >= 0.3 is 0 Å². The van der Waals surface area contributed by atoms with E-state index in [9.17, 15) is 17.6 Å². The molecule has 0 aliphatic heterocycles. The highest BCUT2D eigenvalue weighted by Gasteiger charge is 2.22. The molecule has 2 nitrogen and oxygen atoms in total. The first-order valence-corrected chi connectivity index (χ1v) is 5.05. The number of aromatic nitrogens is 1. The zero-order valence-corrected chi connectivity index (χ0v) is 9.78. The molecule has 0 N–H and O–H groups in total. The Hall–Kier alpha value is -1.33. The van der Waals surface area contributed by atoms with Crippen molar-refractivity contribution in [1.82, 2.24) is 4.98 Å². The summed E-state index contributed by atoms with van der Waals surface area (Å²) in [6, 6.07) is 0. The molecule has 96 valence electrons. The van der Waals surface area contributed by atoms with Crippen LogP contribution in [-0.4, -0.2) is 11.6 Å². The van der Waals surface area contributed by atoms with Gasteiger partial charge in [-0.1, -0.05) is 20.8 Å². The molecule has 1 aromatic rings. The number of halogens is 4. The minimum Gasteiger partial charge on any atom is -0.487 e. The average molecular weight is 251 g/mol. The molecule has 0 amide bonds. The second kappa shape index (κ2) is 4.89. The standard InChI is InChI=1S/C11H13F4NO/c1-11(2,3)4-5-17-8-6(12)9(14)16-10(15)7(8)13/h4-5H2,1-3H3. The predicted octanol–water partition coefficient (Wildman–Crippen LogP) is 3.45. The van der Waals surface area contributed by atoms with Crippen LogP contribution < -0.4 is 4.74 Å². The fourth-order valence-electron chi connectivity index (χ4n) is 1.05. The first-order chi connectivity index (χ1) is 7.72. The number of rotatable bonds is 3. The van der Waals surface area contributed by atoms with E-state index in [1.807, 2.05) is 20.8 Å². The molecule has 17 heavy (non-hydrogen) atoms. The van der Waals surface area contributed by atoms with E-state index in [0.717, 1.165) is 0 Å². The molecule has 1 heterocycles. The van der Waals surface area contributed by atoms with Crippen LogP contribution in [0.25, 0.3) is 0 Å². The second-order valence-electron chi connectivity index (χ2n) is 4.81. The molecule has 1 aromatic heterocycles. The van der Waals surface area contributed by atoms with Crippen LogP contribution in [0.15, 0.2) is 0 Å². The lowest BCUT2D eigenvalue weighted by molar-refractivity contribution is 0.217. The summed E-state index contributed by atoms with van der Waals surface area (Å²) in [5.74, 6) is -7.71. The van der Waals surface area contributed by atoms with E-state index in [1.165, 1.54) is 0 Å². The zero-order chi connectivity index (χ0) is 13.2. The van der Waals surface area contributed by atoms with Gasteiger partial charge in [0, 0.05) is 0 Å². The Morgan fingerprint density at radius 2 is 1.47 bits per heavy atom. The lowest BCUT2D eigenvalue weighted by Gasteiger charge is -2.18. The Morgan fingerprint density at radius 1 is 1.00 bits per heavy atom. The summed E-state index contributed by atoms with van der Waals surface area (Å²) in [5.41, 5.74) is -0.114. The molecule has 0 saturated heterocycles. The highest BCUT2D eigenvalue weighted by atomic mass is 19.2. The largest absolute Gasteiger partial charge is 0.487 e. The summed E-state index contributed by atoms with van der Waals surface area (Å²) in [6.07, 6.45) is 0.484. The van der Waals surface area contributed by atoms with Crippen LogP contribution in [-0.2, 0) is 0 Å². The van der Waals surface area contributed by atoms with Gasteiger partial charge in [-0.3, -0.25) is 0 Å². The summed E-state index contributed by atoms with van der Waals surface area (Å²) in [7, 11) is 0. The zero-order valence-electron chi connectivity index (χ0n) is 9.78. The van der Waals surface area contributed by atoms with Gasteiger partial charge in [0.2, 0.25) is 11.6 Å². The second-order valence-corrected chi connectivity index (χ2v) is 4.81. The summed E-state index contributed by atoms with van der Waals surface area (Å²) < 4.78 is 56.3. The Bertz CT molecular complexity index is 389. The molecule has 0 aliphatic carbocycles. The van der Waals surface area contributed by atoms with Gasteiger partial charge in [0.1, 0.15) is 0 Å². The van der Waals surface area contributed by atoms with E-state index in [0.29, 0.717) is 6.42 Å². The van der Waals surface area contributed by atoms with Gasteiger partial charge < -0.3 is 4.74 Å². The van der Waals surface area contributed by atoms with E-state index in [4.69, 9.17) is 4.74 Å². The summed E-state index contributed by atoms with van der Waals surface area (Å²) >= 11 is 0. The lowest BCUT2D eigenvalue weighted by Crippen LogP contribution is -2.13. The molecule has 1 rings (SSSR count). The van der Waals surface area contributed by atoms with Gasteiger partial charge in [-0.25, -0.2) is 0 Å². The third kappa shape index (κ3) is 3.57. The fourth-order valence-corrected chi connectivity index (χ4v) is 1.05. The van der Waals surface area contributed by atoms with Crippen LogP contribution in [0.3, 0.4) is 0 Å². The Balaban J connectivity index is 2.84. The minimum absolute atomic E-state index is 0.0414. The van der Waals surface area contributed by atoms with Crippen LogP contribution in [0.1, 0.15) is 27.2 Å². The van der Waals surface area contributed by atoms with Gasteiger partial charge in [-0.05, 0) is 11.8 Å². The molecule has 0 spiro atoms. The molecule has 0 unspecified atom stereocenters. The molecular weight excluding hydrogens is 238 g/mol. The molecule has 0 bridgehead atoms. The molecule has 0 radical (unpaired) electrons. The van der Waals surface area contributed by atoms with Crippen molar-refractivity contribution in [2.24, 2.45) is 5.41 Å². The van der Waals surface area contributed by atoms with E-state index >= 15 is 0 Å². The highest BCUT2D eigenvalue weighted by Crippen LogP contribution is 2.26. The van der Waals surface area contributed by atoms with Gasteiger partial charge in [-0.2, -0.15) is 22.5 Å². The molecular formula is C11H13F4NO. The molecule has 0 aromatic carbocycles. The third-order valence-electron chi connectivity index (χ3n) is 2.06. The van der Waals surface area contributed by atoms with Gasteiger partial charge in [0.15, 0.2) is 5.75 Å². The molecule has 0 fully saturated rings. The van der Waals surface area contributed by atoms with Gasteiger partial charge in [-0.15, -0.1) is 0 Å². The Labute approximate surface area is 96.6 Å². The van der Waals surface area contributed by atoms with Gasteiger partial charge in [0.05, 0.1) is 6.61 Å². The Kier molecular flexibility index (Phi) is 3.95. The number of hydrogen-bond acceptors (Lipinski definition) is 2. The predicted molar refractivity (Wildman–Crippen MR) is 53.6 cm³/mol. The van der Waals surface area contributed by atoms with Crippen LogP contribution in [0.2, 0.25) is 0 Å². The van der Waals surface area contributed by atoms with E-state index in [2.05, 4.69) is 4.98 Å². The number of hydrogen-bond donors (Lipinski definition) is 0. The smallest absolute Gasteiger partial charge is 0.255 e. The minimum atomic E-state index is -1.71. The van der Waals surface area contributed by atoms with Crippen LogP contribution in [0.4, 0.5) is 17.6 Å². The first-order valence-electron chi connectivity index (χ1n) is 5.05. The van der Waals surface area contributed by atoms with Crippen LogP contribution in [0, 0.1) is 28.9 Å². The highest BCUT2D eigenvalue weighted by molar-refractivity contribution is 5.24. The van der Waals surface area contributed by atoms with Crippen molar-refractivity contribution < 1.29 is 22.3 Å². The maximum Gasteiger partial charge on any atom is 0.255 e. The Morgan fingerprint density at radius 3 is 1.88 bits per heavy atom. The van der Waals surface area contributed by atoms with Crippen LogP contribution in [0.5, 0.6) is 5.75 Å². The van der Waals surface area contributed by atoms with Gasteiger partial charge in [0.25, 0.3) is 11.9 Å². The van der Waals surface area contributed by atoms with E-state index in [-0.39, 0.29) is 12.0 Å². The normalized spacial score (nSPS) is 11.7. The third-order valence-corrected chi connectivity index (χ3v) is 2.06. The monoisotopic (exact) mass is 251 g/mol. The number of ether oxygens (including phenoxy) is 1. The topological polar surface area (TPSA) is 22.1 Å². The molecule has 0 saturated carbocycles. The summed E-state index contributed by atoms with van der Waals surface area (Å²) in [4.78, 5) is 2.43. The maximum absolute atomic E-state index is 13.1. The van der Waals surface area contributed by atoms with E-state index in [1.54, 1.807) is 0 Å².